The second kappa shape index (κ2) is 6.40. The first-order valence-corrected chi connectivity index (χ1v) is 6.65. The number of rotatable bonds is 4. The van der Waals surface area contributed by atoms with E-state index in [1.165, 1.54) is 18.2 Å². The van der Waals surface area contributed by atoms with E-state index >= 15 is 0 Å². The van der Waals surface area contributed by atoms with Crippen molar-refractivity contribution in [2.45, 2.75) is 19.4 Å². The molecule has 0 unspecified atom stereocenters. The van der Waals surface area contributed by atoms with E-state index in [0.717, 1.165) is 11.1 Å². The van der Waals surface area contributed by atoms with Crippen LogP contribution in [0.5, 0.6) is 5.75 Å². The van der Waals surface area contributed by atoms with Gasteiger partial charge in [-0.1, -0.05) is 18.2 Å². The molecule has 0 fully saturated rings. The van der Waals surface area contributed by atoms with Gasteiger partial charge in [0, 0.05) is 11.1 Å². The number of hydrogen-bond acceptors (Lipinski definition) is 2. The highest BCUT2D eigenvalue weighted by atomic mass is 35.5. The predicted molar refractivity (Wildman–Crippen MR) is 76.2 cm³/mol. The molecule has 4 heteroatoms. The number of benzene rings is 2. The van der Waals surface area contributed by atoms with E-state index in [0.29, 0.717) is 22.8 Å². The Morgan fingerprint density at radius 3 is 2.75 bits per heavy atom. The van der Waals surface area contributed by atoms with Crippen molar-refractivity contribution in [1.29, 1.82) is 5.26 Å². The Labute approximate surface area is 122 Å². The van der Waals surface area contributed by atoms with Crippen molar-refractivity contribution in [3.63, 3.8) is 0 Å². The van der Waals surface area contributed by atoms with Gasteiger partial charge in [-0.05, 0) is 30.7 Å². The molecule has 0 atom stereocenters. The molecule has 20 heavy (non-hydrogen) atoms. The molecule has 0 saturated carbocycles. The normalized spacial score (nSPS) is 10.1. The molecule has 0 bridgehead atoms. The molecule has 2 rings (SSSR count). The minimum Gasteiger partial charge on any atom is -0.488 e. The number of nitriles is 1. The van der Waals surface area contributed by atoms with E-state index in [4.69, 9.17) is 21.6 Å². The fourth-order valence-electron chi connectivity index (χ4n) is 1.93. The molecule has 2 aromatic rings. The van der Waals surface area contributed by atoms with Gasteiger partial charge in [-0.25, -0.2) is 4.39 Å². The third-order valence-corrected chi connectivity index (χ3v) is 3.27. The summed E-state index contributed by atoms with van der Waals surface area (Å²) in [5.74, 6) is 0.617. The van der Waals surface area contributed by atoms with Gasteiger partial charge in [0.2, 0.25) is 0 Å². The Morgan fingerprint density at radius 2 is 2.05 bits per heavy atom. The molecule has 0 aromatic heterocycles. The highest BCUT2D eigenvalue weighted by Gasteiger charge is 2.09. The molecule has 0 aliphatic rings. The molecule has 102 valence electrons. The van der Waals surface area contributed by atoms with Gasteiger partial charge in [-0.15, -0.1) is 11.6 Å². The van der Waals surface area contributed by atoms with Crippen molar-refractivity contribution in [2.75, 3.05) is 0 Å². The SMILES string of the molecule is Cc1cccc(CCl)c1OCc1cc(C#N)ccc1F. The third-order valence-electron chi connectivity index (χ3n) is 2.98. The molecule has 0 heterocycles. The summed E-state index contributed by atoms with van der Waals surface area (Å²) in [6.45, 7) is 1.98. The van der Waals surface area contributed by atoms with Crippen LogP contribution in [0.25, 0.3) is 0 Å². The standard InChI is InChI=1S/C16H13ClFNO/c1-11-3-2-4-13(8-17)16(11)20-10-14-7-12(9-19)5-6-15(14)18/h2-7H,8,10H2,1H3. The lowest BCUT2D eigenvalue weighted by atomic mass is 10.1. The van der Waals surface area contributed by atoms with Crippen LogP contribution in [0.1, 0.15) is 22.3 Å². The maximum absolute atomic E-state index is 13.7. The van der Waals surface area contributed by atoms with Crippen LogP contribution in [0.4, 0.5) is 4.39 Å². The van der Waals surface area contributed by atoms with E-state index < -0.39 is 0 Å². The van der Waals surface area contributed by atoms with Crippen LogP contribution in [0.15, 0.2) is 36.4 Å². The van der Waals surface area contributed by atoms with E-state index in [9.17, 15) is 4.39 Å². The second-order valence-corrected chi connectivity index (χ2v) is 4.67. The Morgan fingerprint density at radius 1 is 1.25 bits per heavy atom. The topological polar surface area (TPSA) is 33.0 Å². The summed E-state index contributed by atoms with van der Waals surface area (Å²) in [4.78, 5) is 0. The number of alkyl halides is 1. The zero-order chi connectivity index (χ0) is 14.5. The van der Waals surface area contributed by atoms with Crippen LogP contribution in [0.2, 0.25) is 0 Å². The van der Waals surface area contributed by atoms with E-state index in [1.54, 1.807) is 0 Å². The summed E-state index contributed by atoms with van der Waals surface area (Å²) in [7, 11) is 0. The number of nitrogens with zero attached hydrogens (tertiary/aromatic N) is 1. The molecule has 0 amide bonds. The summed E-state index contributed by atoms with van der Waals surface area (Å²) < 4.78 is 19.4. The van der Waals surface area contributed by atoms with Crippen LogP contribution >= 0.6 is 11.6 Å². The maximum Gasteiger partial charge on any atom is 0.129 e. The highest BCUT2D eigenvalue weighted by Crippen LogP contribution is 2.26. The minimum absolute atomic E-state index is 0.0656. The van der Waals surface area contributed by atoms with Crippen molar-refractivity contribution < 1.29 is 9.13 Å². The lowest BCUT2D eigenvalue weighted by molar-refractivity contribution is 0.295. The maximum atomic E-state index is 13.7. The van der Waals surface area contributed by atoms with Gasteiger partial charge in [-0.3, -0.25) is 0 Å². The summed E-state index contributed by atoms with van der Waals surface area (Å²) in [5, 5.41) is 8.83. The Balaban J connectivity index is 2.23. The first kappa shape index (κ1) is 14.4. The average molecular weight is 290 g/mol. The predicted octanol–water partition coefficient (Wildman–Crippen LogP) is 4.32. The van der Waals surface area contributed by atoms with Crippen LogP contribution in [0.3, 0.4) is 0 Å². The zero-order valence-electron chi connectivity index (χ0n) is 11.0. The lowest BCUT2D eigenvalue weighted by Crippen LogP contribution is -2.02. The Bertz CT molecular complexity index is 664. The summed E-state index contributed by atoms with van der Waals surface area (Å²) >= 11 is 5.87. The Kier molecular flexibility index (Phi) is 4.60. The fraction of sp³-hybridized carbons (Fsp3) is 0.188. The van der Waals surface area contributed by atoms with Crippen LogP contribution < -0.4 is 4.74 Å². The van der Waals surface area contributed by atoms with Gasteiger partial charge in [-0.2, -0.15) is 5.26 Å². The van der Waals surface area contributed by atoms with Crippen molar-refractivity contribution in [3.8, 4) is 11.8 Å². The number of halogens is 2. The average Bonchev–Trinajstić information content (AvgIpc) is 2.47. The molecule has 2 aromatic carbocycles. The van der Waals surface area contributed by atoms with Crippen molar-refractivity contribution in [3.05, 3.63) is 64.5 Å². The highest BCUT2D eigenvalue weighted by molar-refractivity contribution is 6.17. The second-order valence-electron chi connectivity index (χ2n) is 4.40. The summed E-state index contributed by atoms with van der Waals surface area (Å²) in [5.41, 5.74) is 2.57. The van der Waals surface area contributed by atoms with Gasteiger partial charge in [0.05, 0.1) is 17.5 Å². The molecule has 0 N–H and O–H groups in total. The zero-order valence-corrected chi connectivity index (χ0v) is 11.7. The third kappa shape index (κ3) is 3.09. The van der Waals surface area contributed by atoms with Gasteiger partial charge in [0.1, 0.15) is 18.2 Å². The summed E-state index contributed by atoms with van der Waals surface area (Å²) in [6.07, 6.45) is 0. The molecular formula is C16H13ClFNO. The fourth-order valence-corrected chi connectivity index (χ4v) is 2.14. The molecule has 0 spiro atoms. The molecule has 0 aliphatic carbocycles. The molecule has 0 radical (unpaired) electrons. The first-order valence-electron chi connectivity index (χ1n) is 6.11. The van der Waals surface area contributed by atoms with Crippen LogP contribution in [-0.4, -0.2) is 0 Å². The number of hydrogen-bond donors (Lipinski definition) is 0. The molecule has 2 nitrogen and oxygen atoms in total. The van der Waals surface area contributed by atoms with Crippen molar-refractivity contribution in [1.82, 2.24) is 0 Å². The molecular weight excluding hydrogens is 277 g/mol. The van der Waals surface area contributed by atoms with E-state index in [2.05, 4.69) is 0 Å². The molecule has 0 aliphatic heterocycles. The van der Waals surface area contributed by atoms with Crippen LogP contribution in [0, 0.1) is 24.1 Å². The lowest BCUT2D eigenvalue weighted by Gasteiger charge is -2.13. The number of ether oxygens (including phenoxy) is 1. The minimum atomic E-state index is -0.384. The van der Waals surface area contributed by atoms with Crippen molar-refractivity contribution in [2.24, 2.45) is 0 Å². The summed E-state index contributed by atoms with van der Waals surface area (Å²) in [6, 6.07) is 11.9. The number of para-hydroxylation sites is 1. The van der Waals surface area contributed by atoms with E-state index in [1.807, 2.05) is 31.2 Å². The smallest absolute Gasteiger partial charge is 0.129 e. The van der Waals surface area contributed by atoms with E-state index in [-0.39, 0.29) is 12.4 Å². The first-order chi connectivity index (χ1) is 9.65. The van der Waals surface area contributed by atoms with Crippen LogP contribution in [-0.2, 0) is 12.5 Å². The van der Waals surface area contributed by atoms with Crippen molar-refractivity contribution >= 4 is 11.6 Å². The molecule has 0 saturated heterocycles. The Hall–Kier alpha value is -2.05. The number of aryl methyl sites for hydroxylation is 1. The van der Waals surface area contributed by atoms with Gasteiger partial charge < -0.3 is 4.74 Å². The largest absolute Gasteiger partial charge is 0.488 e. The van der Waals surface area contributed by atoms with Gasteiger partial charge >= 0.3 is 0 Å². The quantitative estimate of drug-likeness (QED) is 0.785. The van der Waals surface area contributed by atoms with Gasteiger partial charge in [0.25, 0.3) is 0 Å². The van der Waals surface area contributed by atoms with Gasteiger partial charge in [0.15, 0.2) is 0 Å². The monoisotopic (exact) mass is 289 g/mol.